The molecule has 148 valence electrons. The maximum atomic E-state index is 12.6. The molecule has 0 aliphatic carbocycles. The highest BCUT2D eigenvalue weighted by atomic mass is 16.5. The van der Waals surface area contributed by atoms with E-state index in [1.807, 2.05) is 64.1 Å². The van der Waals surface area contributed by atoms with E-state index in [1.165, 1.54) is 5.56 Å². The molecule has 0 unspecified atom stereocenters. The van der Waals surface area contributed by atoms with Gasteiger partial charge >= 0.3 is 0 Å². The van der Waals surface area contributed by atoms with E-state index in [2.05, 4.69) is 27.4 Å². The standard InChI is InChI=1S/C24H25N3O2/c1-15-19(12-17-8-6-5-7-9-17)23(26-16(2)25-15)27-18-10-11-22-20(13-18)21(28)14-24(3,4)29-22/h5-11,13H,12,14H2,1-4H3,(H,25,26,27). The Labute approximate surface area is 171 Å². The Balaban J connectivity index is 1.68. The van der Waals surface area contributed by atoms with E-state index in [0.29, 0.717) is 23.6 Å². The summed E-state index contributed by atoms with van der Waals surface area (Å²) in [5.41, 5.74) is 4.14. The maximum absolute atomic E-state index is 12.6. The van der Waals surface area contributed by atoms with Crippen LogP contribution in [0.3, 0.4) is 0 Å². The van der Waals surface area contributed by atoms with Crippen molar-refractivity contribution in [1.29, 1.82) is 0 Å². The second-order valence-electron chi connectivity index (χ2n) is 8.14. The minimum Gasteiger partial charge on any atom is -0.487 e. The van der Waals surface area contributed by atoms with Crippen molar-refractivity contribution < 1.29 is 9.53 Å². The third kappa shape index (κ3) is 4.14. The van der Waals surface area contributed by atoms with Gasteiger partial charge < -0.3 is 10.1 Å². The van der Waals surface area contributed by atoms with E-state index in [9.17, 15) is 4.79 Å². The molecule has 4 rings (SSSR count). The number of fused-ring (bicyclic) bond motifs is 1. The minimum absolute atomic E-state index is 0.0967. The molecule has 0 spiro atoms. The fraction of sp³-hybridized carbons (Fsp3) is 0.292. The number of rotatable bonds is 4. The van der Waals surface area contributed by atoms with Gasteiger partial charge in [0.2, 0.25) is 0 Å². The van der Waals surface area contributed by atoms with E-state index in [0.717, 1.165) is 29.2 Å². The molecule has 29 heavy (non-hydrogen) atoms. The molecule has 1 aliphatic heterocycles. The first-order chi connectivity index (χ1) is 13.8. The summed E-state index contributed by atoms with van der Waals surface area (Å²) in [5.74, 6) is 2.21. The summed E-state index contributed by atoms with van der Waals surface area (Å²) in [6.07, 6.45) is 1.10. The number of aryl methyl sites for hydroxylation is 2. The number of nitrogens with zero attached hydrogens (tertiary/aromatic N) is 2. The monoisotopic (exact) mass is 387 g/mol. The molecule has 1 N–H and O–H groups in total. The molecule has 3 aromatic rings. The molecule has 0 fully saturated rings. The van der Waals surface area contributed by atoms with Gasteiger partial charge in [-0.05, 0) is 51.5 Å². The van der Waals surface area contributed by atoms with Gasteiger partial charge in [0.25, 0.3) is 0 Å². The summed E-state index contributed by atoms with van der Waals surface area (Å²) >= 11 is 0. The Kier molecular flexibility index (Phi) is 4.82. The SMILES string of the molecule is Cc1nc(C)c(Cc2ccccc2)c(Nc2ccc3c(c2)C(=O)CC(C)(C)O3)n1. The maximum Gasteiger partial charge on any atom is 0.170 e. The van der Waals surface area contributed by atoms with E-state index in [1.54, 1.807) is 0 Å². The highest BCUT2D eigenvalue weighted by Crippen LogP contribution is 2.35. The van der Waals surface area contributed by atoms with Crippen molar-refractivity contribution in [2.75, 3.05) is 5.32 Å². The zero-order valence-electron chi connectivity index (χ0n) is 17.2. The Morgan fingerprint density at radius 2 is 1.83 bits per heavy atom. The number of carbonyl (C=O) groups is 1. The van der Waals surface area contributed by atoms with Crippen LogP contribution in [0.2, 0.25) is 0 Å². The first kappa shape index (κ1) is 19.1. The van der Waals surface area contributed by atoms with Crippen molar-refractivity contribution in [1.82, 2.24) is 9.97 Å². The Morgan fingerprint density at radius 3 is 2.59 bits per heavy atom. The summed E-state index contributed by atoms with van der Waals surface area (Å²) < 4.78 is 5.96. The van der Waals surface area contributed by atoms with Crippen molar-refractivity contribution >= 4 is 17.3 Å². The van der Waals surface area contributed by atoms with Gasteiger partial charge in [-0.3, -0.25) is 4.79 Å². The molecule has 5 nitrogen and oxygen atoms in total. The van der Waals surface area contributed by atoms with E-state index in [4.69, 9.17) is 4.74 Å². The van der Waals surface area contributed by atoms with Crippen LogP contribution in [0.4, 0.5) is 11.5 Å². The van der Waals surface area contributed by atoms with Gasteiger partial charge in [-0.1, -0.05) is 30.3 Å². The van der Waals surface area contributed by atoms with Gasteiger partial charge in [-0.2, -0.15) is 0 Å². The number of aromatic nitrogens is 2. The molecule has 0 saturated carbocycles. The summed E-state index contributed by atoms with van der Waals surface area (Å²) in [6.45, 7) is 7.76. The number of hydrogen-bond acceptors (Lipinski definition) is 5. The van der Waals surface area contributed by atoms with Crippen LogP contribution >= 0.6 is 0 Å². The lowest BCUT2D eigenvalue weighted by Crippen LogP contribution is -2.35. The lowest BCUT2D eigenvalue weighted by atomic mass is 9.93. The first-order valence-electron chi connectivity index (χ1n) is 9.82. The van der Waals surface area contributed by atoms with Crippen molar-refractivity contribution in [3.8, 4) is 5.75 Å². The zero-order chi connectivity index (χ0) is 20.6. The lowest BCUT2D eigenvalue weighted by Gasteiger charge is -2.31. The average molecular weight is 387 g/mol. The number of benzene rings is 2. The minimum atomic E-state index is -0.469. The second kappa shape index (κ2) is 7.32. The number of Topliss-reactive ketones (excluding diaryl/α,β-unsaturated/α-hetero) is 1. The molecule has 0 amide bonds. The van der Waals surface area contributed by atoms with Gasteiger partial charge in [0, 0.05) is 23.4 Å². The van der Waals surface area contributed by atoms with Crippen LogP contribution in [0.5, 0.6) is 5.75 Å². The lowest BCUT2D eigenvalue weighted by molar-refractivity contribution is 0.0620. The van der Waals surface area contributed by atoms with Crippen molar-refractivity contribution in [2.24, 2.45) is 0 Å². The number of carbonyl (C=O) groups excluding carboxylic acids is 1. The third-order valence-electron chi connectivity index (χ3n) is 5.06. The van der Waals surface area contributed by atoms with Crippen LogP contribution in [0.25, 0.3) is 0 Å². The topological polar surface area (TPSA) is 64.1 Å². The first-order valence-corrected chi connectivity index (χ1v) is 9.82. The van der Waals surface area contributed by atoms with E-state index >= 15 is 0 Å². The quantitative estimate of drug-likeness (QED) is 0.669. The molecule has 1 aliphatic rings. The molecule has 0 atom stereocenters. The normalized spacial score (nSPS) is 14.8. The third-order valence-corrected chi connectivity index (χ3v) is 5.06. The van der Waals surface area contributed by atoms with Crippen LogP contribution in [-0.2, 0) is 6.42 Å². The predicted molar refractivity (Wildman–Crippen MR) is 114 cm³/mol. The zero-order valence-corrected chi connectivity index (χ0v) is 17.2. The van der Waals surface area contributed by atoms with Gasteiger partial charge in [0.1, 0.15) is 23.0 Å². The highest BCUT2D eigenvalue weighted by molar-refractivity contribution is 6.01. The number of ether oxygens (including phenoxy) is 1. The Hall–Kier alpha value is -3.21. The van der Waals surface area contributed by atoms with Crippen LogP contribution in [0.15, 0.2) is 48.5 Å². The summed E-state index contributed by atoms with van der Waals surface area (Å²) in [6, 6.07) is 15.9. The molecule has 0 saturated heterocycles. The van der Waals surface area contributed by atoms with E-state index in [-0.39, 0.29) is 5.78 Å². The van der Waals surface area contributed by atoms with Gasteiger partial charge in [0.15, 0.2) is 5.78 Å². The molecule has 1 aromatic heterocycles. The van der Waals surface area contributed by atoms with Crippen molar-refractivity contribution in [3.05, 3.63) is 76.7 Å². The smallest absolute Gasteiger partial charge is 0.170 e. The molecule has 0 radical (unpaired) electrons. The number of anilines is 2. The summed E-state index contributed by atoms with van der Waals surface area (Å²) in [4.78, 5) is 21.8. The van der Waals surface area contributed by atoms with Crippen molar-refractivity contribution in [3.63, 3.8) is 0 Å². The average Bonchev–Trinajstić information content (AvgIpc) is 2.65. The van der Waals surface area contributed by atoms with Crippen molar-refractivity contribution in [2.45, 2.75) is 46.1 Å². The van der Waals surface area contributed by atoms with Gasteiger partial charge in [-0.25, -0.2) is 9.97 Å². The Bertz CT molecular complexity index is 1070. The summed E-state index contributed by atoms with van der Waals surface area (Å²) in [7, 11) is 0. The molecular formula is C24H25N3O2. The van der Waals surface area contributed by atoms with E-state index < -0.39 is 5.60 Å². The summed E-state index contributed by atoms with van der Waals surface area (Å²) in [5, 5.41) is 3.41. The number of hydrogen-bond donors (Lipinski definition) is 1. The fourth-order valence-electron chi connectivity index (χ4n) is 3.72. The van der Waals surface area contributed by atoms with Crippen LogP contribution in [0.1, 0.15) is 53.3 Å². The second-order valence-corrected chi connectivity index (χ2v) is 8.14. The Morgan fingerprint density at radius 1 is 1.07 bits per heavy atom. The number of nitrogens with one attached hydrogen (secondary N) is 1. The molecule has 2 heterocycles. The molecule has 2 aromatic carbocycles. The van der Waals surface area contributed by atoms with Gasteiger partial charge in [0.05, 0.1) is 12.0 Å². The highest BCUT2D eigenvalue weighted by Gasteiger charge is 2.32. The van der Waals surface area contributed by atoms with Crippen LogP contribution in [0, 0.1) is 13.8 Å². The van der Waals surface area contributed by atoms with Crippen LogP contribution in [-0.4, -0.2) is 21.4 Å². The molecular weight excluding hydrogens is 362 g/mol. The number of ketones is 1. The van der Waals surface area contributed by atoms with Crippen LogP contribution < -0.4 is 10.1 Å². The molecule has 5 heteroatoms. The molecule has 0 bridgehead atoms. The predicted octanol–water partition coefficient (Wildman–Crippen LogP) is 5.17. The fourth-order valence-corrected chi connectivity index (χ4v) is 3.72. The largest absolute Gasteiger partial charge is 0.487 e. The van der Waals surface area contributed by atoms with Gasteiger partial charge in [-0.15, -0.1) is 0 Å².